The van der Waals surface area contributed by atoms with Gasteiger partial charge in [0.2, 0.25) is 0 Å². The molecule has 98 valence electrons. The third kappa shape index (κ3) is 1.73. The number of hydrogen-bond donors (Lipinski definition) is 0. The zero-order chi connectivity index (χ0) is 12.8. The van der Waals surface area contributed by atoms with Crippen LogP contribution in [0, 0.1) is 23.7 Å². The number of esters is 1. The Morgan fingerprint density at radius 2 is 1.95 bits per heavy atom. The van der Waals surface area contributed by atoms with E-state index in [9.17, 15) is 4.79 Å². The molecule has 0 heterocycles. The fourth-order valence-corrected chi connectivity index (χ4v) is 4.41. The Bertz CT molecular complexity index is 519. The maximum atomic E-state index is 12.1. The van der Waals surface area contributed by atoms with Crippen LogP contribution >= 0.6 is 0 Å². The van der Waals surface area contributed by atoms with Crippen LogP contribution in [0.4, 0.5) is 0 Å². The third-order valence-electron chi connectivity index (χ3n) is 5.21. The normalized spacial score (nSPS) is 38.4. The van der Waals surface area contributed by atoms with E-state index in [1.54, 1.807) is 0 Å². The quantitative estimate of drug-likeness (QED) is 0.597. The van der Waals surface area contributed by atoms with Crippen molar-refractivity contribution in [1.29, 1.82) is 0 Å². The minimum atomic E-state index is -0.152. The smallest absolute Gasteiger partial charge is 0.338 e. The van der Waals surface area contributed by atoms with E-state index >= 15 is 0 Å². The first-order valence-electron chi connectivity index (χ1n) is 7.25. The molecule has 0 N–H and O–H groups in total. The summed E-state index contributed by atoms with van der Waals surface area (Å²) in [5.74, 6) is 2.71. The predicted molar refractivity (Wildman–Crippen MR) is 72.6 cm³/mol. The van der Waals surface area contributed by atoms with Crippen molar-refractivity contribution in [3.05, 3.63) is 48.0 Å². The third-order valence-corrected chi connectivity index (χ3v) is 5.21. The second-order valence-corrected chi connectivity index (χ2v) is 6.11. The maximum absolute atomic E-state index is 12.1. The summed E-state index contributed by atoms with van der Waals surface area (Å²) in [7, 11) is 0. The van der Waals surface area contributed by atoms with E-state index in [1.165, 1.54) is 12.8 Å². The molecule has 0 spiro atoms. The molecule has 19 heavy (non-hydrogen) atoms. The van der Waals surface area contributed by atoms with Crippen molar-refractivity contribution in [3.8, 4) is 0 Å². The van der Waals surface area contributed by atoms with Crippen molar-refractivity contribution < 1.29 is 9.53 Å². The van der Waals surface area contributed by atoms with Crippen molar-refractivity contribution >= 4 is 5.97 Å². The van der Waals surface area contributed by atoms with E-state index in [2.05, 4.69) is 12.2 Å². The maximum Gasteiger partial charge on any atom is 0.338 e. The highest BCUT2D eigenvalue weighted by atomic mass is 16.5. The molecule has 0 aliphatic heterocycles. The van der Waals surface area contributed by atoms with Gasteiger partial charge in [-0.05, 0) is 55.1 Å². The molecule has 2 heteroatoms. The van der Waals surface area contributed by atoms with Crippen LogP contribution < -0.4 is 0 Å². The summed E-state index contributed by atoms with van der Waals surface area (Å²) >= 11 is 0. The van der Waals surface area contributed by atoms with Gasteiger partial charge in [-0.3, -0.25) is 0 Å². The fraction of sp³-hybridized carbons (Fsp3) is 0.471. The number of hydrogen-bond acceptors (Lipinski definition) is 2. The van der Waals surface area contributed by atoms with Gasteiger partial charge in [0.1, 0.15) is 6.10 Å². The van der Waals surface area contributed by atoms with Crippen molar-refractivity contribution in [2.45, 2.75) is 25.4 Å². The Morgan fingerprint density at radius 1 is 1.11 bits per heavy atom. The molecule has 1 aromatic carbocycles. The van der Waals surface area contributed by atoms with E-state index in [-0.39, 0.29) is 12.1 Å². The number of carbonyl (C=O) groups is 1. The summed E-state index contributed by atoms with van der Waals surface area (Å²) in [6.07, 6.45) is 8.37. The van der Waals surface area contributed by atoms with Gasteiger partial charge in [-0.1, -0.05) is 30.4 Å². The van der Waals surface area contributed by atoms with Crippen LogP contribution in [0.15, 0.2) is 42.5 Å². The van der Waals surface area contributed by atoms with Gasteiger partial charge in [0, 0.05) is 0 Å². The highest BCUT2D eigenvalue weighted by Crippen LogP contribution is 2.57. The number of ether oxygens (including phenoxy) is 1. The lowest BCUT2D eigenvalue weighted by Gasteiger charge is -2.31. The zero-order valence-corrected chi connectivity index (χ0v) is 10.9. The molecule has 2 saturated carbocycles. The lowest BCUT2D eigenvalue weighted by atomic mass is 9.80. The lowest BCUT2D eigenvalue weighted by Crippen LogP contribution is -2.32. The number of benzene rings is 1. The highest BCUT2D eigenvalue weighted by molar-refractivity contribution is 5.89. The Balaban J connectivity index is 1.47. The topological polar surface area (TPSA) is 26.3 Å². The summed E-state index contributed by atoms with van der Waals surface area (Å²) in [5.41, 5.74) is 0.673. The summed E-state index contributed by atoms with van der Waals surface area (Å²) < 4.78 is 5.77. The second kappa shape index (κ2) is 4.22. The van der Waals surface area contributed by atoms with Gasteiger partial charge in [0.05, 0.1) is 5.56 Å². The zero-order valence-electron chi connectivity index (χ0n) is 10.9. The molecular formula is C17H18O2. The number of rotatable bonds is 2. The summed E-state index contributed by atoms with van der Waals surface area (Å²) in [5, 5.41) is 0. The second-order valence-electron chi connectivity index (χ2n) is 6.11. The Morgan fingerprint density at radius 3 is 2.79 bits per heavy atom. The Labute approximate surface area is 113 Å². The summed E-state index contributed by atoms with van der Waals surface area (Å²) in [6, 6.07) is 9.34. The molecule has 0 unspecified atom stereocenters. The largest absolute Gasteiger partial charge is 0.458 e. The summed E-state index contributed by atoms with van der Waals surface area (Å²) in [6.45, 7) is 0. The number of fused-ring (bicyclic) bond motifs is 5. The Kier molecular flexibility index (Phi) is 2.51. The standard InChI is InChI=1S/C17H18O2/c18-17(11-5-2-1-3-6-11)19-16-10-12-9-15(16)14-8-4-7-13(12)14/h1-7,12-16H,8-10H2/t12-,13-,14+,15-,16-/m1/s1. The first-order valence-corrected chi connectivity index (χ1v) is 7.25. The SMILES string of the molecule is O=C(O[C@@H]1C[C@H]2C[C@@H]1[C@H]1CC=C[C@H]21)c1ccccc1. The van der Waals surface area contributed by atoms with Crippen LogP contribution in [0.1, 0.15) is 29.6 Å². The van der Waals surface area contributed by atoms with Crippen LogP contribution in [0.25, 0.3) is 0 Å². The van der Waals surface area contributed by atoms with Gasteiger partial charge >= 0.3 is 5.97 Å². The van der Waals surface area contributed by atoms with Crippen LogP contribution in [-0.4, -0.2) is 12.1 Å². The van der Waals surface area contributed by atoms with Gasteiger partial charge < -0.3 is 4.74 Å². The minimum absolute atomic E-state index is 0.152. The molecule has 1 aromatic rings. The highest BCUT2D eigenvalue weighted by Gasteiger charge is 2.53. The molecule has 0 radical (unpaired) electrons. The monoisotopic (exact) mass is 254 g/mol. The van der Waals surface area contributed by atoms with E-state index in [0.29, 0.717) is 11.5 Å². The summed E-state index contributed by atoms with van der Waals surface area (Å²) in [4.78, 5) is 12.1. The average Bonchev–Trinajstić information content (AvgIpc) is 3.11. The average molecular weight is 254 g/mol. The molecule has 0 amide bonds. The number of carbonyl (C=O) groups excluding carboxylic acids is 1. The van der Waals surface area contributed by atoms with Gasteiger partial charge in [0.25, 0.3) is 0 Å². The molecule has 2 nitrogen and oxygen atoms in total. The van der Waals surface area contributed by atoms with Crippen LogP contribution in [0.3, 0.4) is 0 Å². The van der Waals surface area contributed by atoms with Gasteiger partial charge in [-0.2, -0.15) is 0 Å². The van der Waals surface area contributed by atoms with Crippen LogP contribution in [-0.2, 0) is 4.74 Å². The van der Waals surface area contributed by atoms with Crippen LogP contribution in [0.5, 0.6) is 0 Å². The fourth-order valence-electron chi connectivity index (χ4n) is 4.41. The van der Waals surface area contributed by atoms with Gasteiger partial charge in [0.15, 0.2) is 0 Å². The first-order chi connectivity index (χ1) is 9.33. The lowest BCUT2D eigenvalue weighted by molar-refractivity contribution is 0.00317. The number of allylic oxidation sites excluding steroid dienone is 2. The van der Waals surface area contributed by atoms with Gasteiger partial charge in [-0.15, -0.1) is 0 Å². The van der Waals surface area contributed by atoms with E-state index < -0.39 is 0 Å². The van der Waals surface area contributed by atoms with E-state index in [0.717, 1.165) is 24.2 Å². The van der Waals surface area contributed by atoms with E-state index in [4.69, 9.17) is 4.74 Å². The molecule has 2 bridgehead atoms. The molecule has 2 fully saturated rings. The molecule has 5 atom stereocenters. The van der Waals surface area contributed by atoms with Crippen molar-refractivity contribution in [3.63, 3.8) is 0 Å². The van der Waals surface area contributed by atoms with Crippen LogP contribution in [0.2, 0.25) is 0 Å². The molecule has 4 rings (SSSR count). The minimum Gasteiger partial charge on any atom is -0.458 e. The van der Waals surface area contributed by atoms with Crippen molar-refractivity contribution in [2.75, 3.05) is 0 Å². The molecule has 3 aliphatic carbocycles. The first kappa shape index (κ1) is 11.3. The van der Waals surface area contributed by atoms with E-state index in [1.807, 2.05) is 30.3 Å². The predicted octanol–water partition coefficient (Wildman–Crippen LogP) is 3.44. The van der Waals surface area contributed by atoms with Crippen molar-refractivity contribution in [1.82, 2.24) is 0 Å². The molecular weight excluding hydrogens is 236 g/mol. The van der Waals surface area contributed by atoms with Crippen molar-refractivity contribution in [2.24, 2.45) is 23.7 Å². The molecule has 0 aromatic heterocycles. The molecule has 0 saturated heterocycles. The van der Waals surface area contributed by atoms with Gasteiger partial charge in [-0.25, -0.2) is 4.79 Å². The molecule has 3 aliphatic rings. The Hall–Kier alpha value is -1.57.